The van der Waals surface area contributed by atoms with Crippen molar-refractivity contribution in [1.29, 1.82) is 0 Å². The normalized spacial score (nSPS) is 13.2. The molecular weight excluding hydrogens is 345 g/mol. The van der Waals surface area contributed by atoms with Crippen LogP contribution in [-0.2, 0) is 12.6 Å². The average molecular weight is 359 g/mol. The molecule has 0 fully saturated rings. The fourth-order valence-corrected chi connectivity index (χ4v) is 2.48. The van der Waals surface area contributed by atoms with Crippen molar-refractivity contribution in [3.05, 3.63) is 69.7 Å². The molecule has 2 rings (SSSR count). The summed E-state index contributed by atoms with van der Waals surface area (Å²) >= 11 is 3.38. The van der Waals surface area contributed by atoms with Gasteiger partial charge in [-0.15, -0.1) is 0 Å². The van der Waals surface area contributed by atoms with Crippen LogP contribution in [0.4, 0.5) is 13.2 Å². The summed E-state index contributed by atoms with van der Waals surface area (Å²) in [6, 6.07) is 12.6. The van der Waals surface area contributed by atoms with Gasteiger partial charge in [0.15, 0.2) is 0 Å². The van der Waals surface area contributed by atoms with Gasteiger partial charge in [0, 0.05) is 4.47 Å². The van der Waals surface area contributed by atoms with E-state index in [1.54, 1.807) is 0 Å². The summed E-state index contributed by atoms with van der Waals surface area (Å²) in [6.07, 6.45) is -3.81. The summed E-state index contributed by atoms with van der Waals surface area (Å²) in [5.41, 5.74) is 3.80. The van der Waals surface area contributed by atoms with E-state index in [0.29, 0.717) is 6.42 Å². The molecular formula is C15H14BrF3N2. The molecule has 0 saturated carbocycles. The Morgan fingerprint density at radius 1 is 1.10 bits per heavy atom. The zero-order valence-corrected chi connectivity index (χ0v) is 12.6. The third-order valence-electron chi connectivity index (χ3n) is 3.17. The van der Waals surface area contributed by atoms with Gasteiger partial charge in [0.1, 0.15) is 0 Å². The summed E-state index contributed by atoms with van der Waals surface area (Å²) in [6.45, 7) is 0. The van der Waals surface area contributed by atoms with Gasteiger partial charge in [0.25, 0.3) is 0 Å². The van der Waals surface area contributed by atoms with E-state index >= 15 is 0 Å². The van der Waals surface area contributed by atoms with Gasteiger partial charge in [-0.3, -0.25) is 11.3 Å². The summed E-state index contributed by atoms with van der Waals surface area (Å²) in [5.74, 6) is 5.56. The van der Waals surface area contributed by atoms with Crippen LogP contribution in [0, 0.1) is 0 Å². The summed E-state index contributed by atoms with van der Waals surface area (Å²) in [4.78, 5) is 0. The van der Waals surface area contributed by atoms with E-state index < -0.39 is 11.7 Å². The Bertz CT molecular complexity index is 597. The average Bonchev–Trinajstić information content (AvgIpc) is 2.44. The van der Waals surface area contributed by atoms with Crippen LogP contribution in [0.1, 0.15) is 22.7 Å². The SMILES string of the molecule is NNC(Cc1ccc(C(F)(F)F)cc1)c1cccc(Br)c1. The molecule has 6 heteroatoms. The van der Waals surface area contributed by atoms with Crippen molar-refractivity contribution in [2.24, 2.45) is 5.84 Å². The molecule has 1 unspecified atom stereocenters. The smallest absolute Gasteiger partial charge is 0.271 e. The Hall–Kier alpha value is -1.37. The van der Waals surface area contributed by atoms with Crippen LogP contribution in [-0.4, -0.2) is 0 Å². The number of alkyl halides is 3. The molecule has 2 aromatic carbocycles. The number of hydrazine groups is 1. The molecule has 2 aromatic rings. The molecule has 0 aliphatic carbocycles. The first kappa shape index (κ1) is 16.0. The summed E-state index contributed by atoms with van der Waals surface area (Å²) < 4.78 is 38.5. The molecule has 0 spiro atoms. The van der Waals surface area contributed by atoms with Gasteiger partial charge < -0.3 is 0 Å². The van der Waals surface area contributed by atoms with E-state index in [1.807, 2.05) is 24.3 Å². The lowest BCUT2D eigenvalue weighted by Crippen LogP contribution is -2.29. The number of nitrogens with two attached hydrogens (primary N) is 1. The highest BCUT2D eigenvalue weighted by Gasteiger charge is 2.30. The van der Waals surface area contributed by atoms with E-state index in [-0.39, 0.29) is 6.04 Å². The van der Waals surface area contributed by atoms with Crippen molar-refractivity contribution in [2.75, 3.05) is 0 Å². The fourth-order valence-electron chi connectivity index (χ4n) is 2.06. The molecule has 3 N–H and O–H groups in total. The number of halogens is 4. The van der Waals surface area contributed by atoms with Gasteiger partial charge in [0.2, 0.25) is 0 Å². The molecule has 0 aromatic heterocycles. The van der Waals surface area contributed by atoms with Gasteiger partial charge in [-0.2, -0.15) is 13.2 Å². The number of hydrogen-bond acceptors (Lipinski definition) is 2. The van der Waals surface area contributed by atoms with Crippen LogP contribution in [0.25, 0.3) is 0 Å². The minimum atomic E-state index is -4.31. The maximum atomic E-state index is 12.5. The van der Waals surface area contributed by atoms with Crippen molar-refractivity contribution in [3.63, 3.8) is 0 Å². The first-order valence-electron chi connectivity index (χ1n) is 6.28. The summed E-state index contributed by atoms with van der Waals surface area (Å²) in [7, 11) is 0. The van der Waals surface area contributed by atoms with Crippen LogP contribution in [0.3, 0.4) is 0 Å². The van der Waals surface area contributed by atoms with E-state index in [0.717, 1.165) is 27.7 Å². The third kappa shape index (κ3) is 4.30. The molecule has 0 saturated heterocycles. The Balaban J connectivity index is 2.15. The topological polar surface area (TPSA) is 38.0 Å². The molecule has 0 heterocycles. The van der Waals surface area contributed by atoms with Crippen molar-refractivity contribution >= 4 is 15.9 Å². The number of hydrogen-bond donors (Lipinski definition) is 2. The number of rotatable bonds is 4. The molecule has 0 bridgehead atoms. The highest BCUT2D eigenvalue weighted by atomic mass is 79.9. The first-order valence-corrected chi connectivity index (χ1v) is 7.07. The van der Waals surface area contributed by atoms with Gasteiger partial charge in [-0.05, 0) is 41.8 Å². The van der Waals surface area contributed by atoms with Gasteiger partial charge in [-0.25, -0.2) is 0 Å². The Kier molecular flexibility index (Phi) is 5.03. The molecule has 1 atom stereocenters. The van der Waals surface area contributed by atoms with E-state index in [4.69, 9.17) is 5.84 Å². The maximum absolute atomic E-state index is 12.5. The van der Waals surface area contributed by atoms with Crippen LogP contribution in [0.15, 0.2) is 53.0 Å². The predicted molar refractivity (Wildman–Crippen MR) is 79.4 cm³/mol. The lowest BCUT2D eigenvalue weighted by molar-refractivity contribution is -0.137. The quantitative estimate of drug-likeness (QED) is 0.634. The standard InChI is InChI=1S/C15H14BrF3N2/c16-13-3-1-2-11(9-13)14(21-20)8-10-4-6-12(7-5-10)15(17,18)19/h1-7,9,14,21H,8,20H2. The van der Waals surface area contributed by atoms with Crippen molar-refractivity contribution in [1.82, 2.24) is 5.43 Å². The minimum absolute atomic E-state index is 0.167. The molecule has 0 aliphatic rings. The van der Waals surface area contributed by atoms with Gasteiger partial charge >= 0.3 is 6.18 Å². The minimum Gasteiger partial charge on any atom is -0.271 e. The van der Waals surface area contributed by atoms with E-state index in [1.165, 1.54) is 12.1 Å². The van der Waals surface area contributed by atoms with E-state index in [2.05, 4.69) is 21.4 Å². The summed E-state index contributed by atoms with van der Waals surface area (Å²) in [5, 5.41) is 0. The largest absolute Gasteiger partial charge is 0.416 e. The molecule has 0 radical (unpaired) electrons. The van der Waals surface area contributed by atoms with Crippen LogP contribution in [0.2, 0.25) is 0 Å². The third-order valence-corrected chi connectivity index (χ3v) is 3.67. The van der Waals surface area contributed by atoms with Crippen LogP contribution >= 0.6 is 15.9 Å². The van der Waals surface area contributed by atoms with Gasteiger partial charge in [-0.1, -0.05) is 40.2 Å². The first-order chi connectivity index (χ1) is 9.90. The zero-order valence-electron chi connectivity index (χ0n) is 11.0. The fraction of sp³-hybridized carbons (Fsp3) is 0.200. The molecule has 0 amide bonds. The van der Waals surface area contributed by atoms with Crippen LogP contribution in [0.5, 0.6) is 0 Å². The second-order valence-corrected chi connectivity index (χ2v) is 5.59. The van der Waals surface area contributed by atoms with Crippen molar-refractivity contribution in [2.45, 2.75) is 18.6 Å². The van der Waals surface area contributed by atoms with Gasteiger partial charge in [0.05, 0.1) is 11.6 Å². The van der Waals surface area contributed by atoms with Crippen LogP contribution < -0.4 is 11.3 Å². The highest BCUT2D eigenvalue weighted by molar-refractivity contribution is 9.10. The second kappa shape index (κ2) is 6.60. The Labute approximate surface area is 129 Å². The Morgan fingerprint density at radius 2 is 1.76 bits per heavy atom. The van der Waals surface area contributed by atoms with Crippen molar-refractivity contribution in [3.8, 4) is 0 Å². The number of nitrogens with one attached hydrogen (secondary N) is 1. The Morgan fingerprint density at radius 3 is 2.29 bits per heavy atom. The monoisotopic (exact) mass is 358 g/mol. The zero-order chi connectivity index (χ0) is 15.5. The molecule has 2 nitrogen and oxygen atoms in total. The second-order valence-electron chi connectivity index (χ2n) is 4.67. The molecule has 112 valence electrons. The molecule has 0 aliphatic heterocycles. The lowest BCUT2D eigenvalue weighted by Gasteiger charge is -2.17. The highest BCUT2D eigenvalue weighted by Crippen LogP contribution is 2.30. The number of benzene rings is 2. The lowest BCUT2D eigenvalue weighted by atomic mass is 9.98. The maximum Gasteiger partial charge on any atom is 0.416 e. The van der Waals surface area contributed by atoms with E-state index in [9.17, 15) is 13.2 Å². The van der Waals surface area contributed by atoms with Crippen molar-refractivity contribution < 1.29 is 13.2 Å². The molecule has 21 heavy (non-hydrogen) atoms. The predicted octanol–water partition coefficient (Wildman–Crippen LogP) is 4.22.